The maximum atomic E-state index is 13.2. The van der Waals surface area contributed by atoms with Crippen LogP contribution in [0.25, 0.3) is 17.1 Å². The molecule has 224 valence electrons. The summed E-state index contributed by atoms with van der Waals surface area (Å²) in [6, 6.07) is 12.2. The van der Waals surface area contributed by atoms with Crippen molar-refractivity contribution in [1.29, 1.82) is 0 Å². The number of hydrogen-bond acceptors (Lipinski definition) is 6. The second kappa shape index (κ2) is 12.0. The fourth-order valence-electron chi connectivity index (χ4n) is 5.34. The second-order valence-electron chi connectivity index (χ2n) is 10.5. The molecule has 3 aromatic carbocycles. The van der Waals surface area contributed by atoms with Crippen molar-refractivity contribution in [2.75, 3.05) is 6.54 Å². The number of hydrogen-bond donors (Lipinski definition) is 4. The molecule has 11 nitrogen and oxygen atoms in total. The van der Waals surface area contributed by atoms with Crippen LogP contribution in [0.3, 0.4) is 0 Å². The highest BCUT2D eigenvalue weighted by molar-refractivity contribution is 6.40. The summed E-state index contributed by atoms with van der Waals surface area (Å²) in [5, 5.41) is 5.44. The Bertz CT molecular complexity index is 1850. The lowest BCUT2D eigenvalue weighted by molar-refractivity contribution is -0.150. The molecule has 4 N–H and O–H groups in total. The van der Waals surface area contributed by atoms with Crippen LogP contribution in [0.5, 0.6) is 0 Å². The molecule has 1 aliphatic carbocycles. The zero-order valence-electron chi connectivity index (χ0n) is 23.3. The van der Waals surface area contributed by atoms with Crippen LogP contribution < -0.4 is 16.1 Å². The molecule has 0 unspecified atom stereocenters. The number of rotatable bonds is 5. The number of nitrogens with one attached hydrogen (secondary N) is 4. The highest BCUT2D eigenvalue weighted by Crippen LogP contribution is 2.35. The average molecular weight is 633 g/mol. The van der Waals surface area contributed by atoms with Gasteiger partial charge in [-0.05, 0) is 59.9 Å². The van der Waals surface area contributed by atoms with Gasteiger partial charge in [0.2, 0.25) is 0 Å². The van der Waals surface area contributed by atoms with E-state index in [2.05, 4.69) is 26.1 Å². The summed E-state index contributed by atoms with van der Waals surface area (Å²) in [4.78, 5) is 65.0. The summed E-state index contributed by atoms with van der Waals surface area (Å²) in [6.45, 7) is 2.04. The van der Waals surface area contributed by atoms with E-state index in [0.717, 1.165) is 27.7 Å². The van der Waals surface area contributed by atoms with Crippen LogP contribution in [-0.4, -0.2) is 51.3 Å². The second-order valence-corrected chi connectivity index (χ2v) is 11.2. The Balaban J connectivity index is 1.06. The molecule has 1 aliphatic heterocycles. The molecule has 0 bridgehead atoms. The van der Waals surface area contributed by atoms with Crippen molar-refractivity contribution < 1.29 is 24.0 Å². The summed E-state index contributed by atoms with van der Waals surface area (Å²) >= 11 is 13.2. The Labute approximate surface area is 261 Å². The van der Waals surface area contributed by atoms with Crippen molar-refractivity contribution in [3.63, 3.8) is 0 Å². The first-order chi connectivity index (χ1) is 21.2. The number of halogens is 2. The number of H-pyrrole nitrogens is 1. The van der Waals surface area contributed by atoms with Gasteiger partial charge < -0.3 is 25.4 Å². The van der Waals surface area contributed by atoms with Gasteiger partial charge in [0.05, 0.1) is 39.0 Å². The third-order valence-electron chi connectivity index (χ3n) is 7.62. The molecule has 6 rings (SSSR count). The van der Waals surface area contributed by atoms with Gasteiger partial charge in [0.1, 0.15) is 6.04 Å². The molecule has 0 saturated heterocycles. The SMILES string of the molecule is C[C@H](NC(=O)c1c(Cl)cc2c(c1Cl)CCN(C(=O)c1ccc3nc[nH]c3c1)C2)C(=O)ONC(=O)N[C@@H]1C=Cc2ccccc21. The highest BCUT2D eigenvalue weighted by atomic mass is 35.5. The number of benzene rings is 3. The molecule has 2 aliphatic rings. The topological polar surface area (TPSA) is 146 Å². The zero-order valence-corrected chi connectivity index (χ0v) is 24.8. The van der Waals surface area contributed by atoms with E-state index in [4.69, 9.17) is 28.0 Å². The Morgan fingerprint density at radius 1 is 1.11 bits per heavy atom. The number of hydroxylamine groups is 1. The minimum Gasteiger partial charge on any atom is -0.345 e. The maximum absolute atomic E-state index is 13.2. The normalized spacial score (nSPS) is 15.7. The zero-order chi connectivity index (χ0) is 31.0. The van der Waals surface area contributed by atoms with E-state index < -0.39 is 23.9 Å². The maximum Gasteiger partial charge on any atom is 0.354 e. The van der Waals surface area contributed by atoms with Crippen molar-refractivity contribution >= 4 is 64.1 Å². The number of carbonyl (C=O) groups excluding carboxylic acids is 4. The average Bonchev–Trinajstić information content (AvgIpc) is 3.66. The van der Waals surface area contributed by atoms with Gasteiger partial charge in [-0.1, -0.05) is 59.6 Å². The van der Waals surface area contributed by atoms with E-state index in [9.17, 15) is 19.2 Å². The summed E-state index contributed by atoms with van der Waals surface area (Å²) in [5.41, 5.74) is 7.44. The van der Waals surface area contributed by atoms with Crippen LogP contribution in [0.1, 0.15) is 55.9 Å². The quantitative estimate of drug-likeness (QED) is 0.234. The molecule has 4 amide bonds. The van der Waals surface area contributed by atoms with Crippen molar-refractivity contribution in [1.82, 2.24) is 31.0 Å². The van der Waals surface area contributed by atoms with Crippen LogP contribution in [0.4, 0.5) is 4.79 Å². The molecule has 0 spiro atoms. The molecule has 0 saturated carbocycles. The van der Waals surface area contributed by atoms with E-state index in [0.29, 0.717) is 24.1 Å². The number of amides is 4. The third kappa shape index (κ3) is 5.71. The summed E-state index contributed by atoms with van der Waals surface area (Å²) in [6.07, 6.45) is 5.68. The smallest absolute Gasteiger partial charge is 0.345 e. The number of carbonyl (C=O) groups is 4. The van der Waals surface area contributed by atoms with Gasteiger partial charge in [-0.15, -0.1) is 0 Å². The first-order valence-electron chi connectivity index (χ1n) is 13.8. The fourth-order valence-corrected chi connectivity index (χ4v) is 6.11. The molecule has 2 heterocycles. The predicted octanol–water partition coefficient (Wildman–Crippen LogP) is 4.71. The molecule has 13 heteroatoms. The number of urea groups is 1. The van der Waals surface area contributed by atoms with Crippen LogP contribution in [0.2, 0.25) is 10.0 Å². The summed E-state index contributed by atoms with van der Waals surface area (Å²) < 4.78 is 0. The lowest BCUT2D eigenvalue weighted by atomic mass is 9.96. The molecular weight excluding hydrogens is 607 g/mol. The number of aromatic amines is 1. The van der Waals surface area contributed by atoms with E-state index >= 15 is 0 Å². The van der Waals surface area contributed by atoms with E-state index in [1.54, 1.807) is 35.5 Å². The van der Waals surface area contributed by atoms with E-state index in [1.165, 1.54) is 6.92 Å². The standard InChI is InChI=1S/C31H26Cl2N6O5/c1-16(30(42)44-38-31(43)37-23-8-6-17-4-2-3-5-20(17)23)36-28(40)26-22(32)12-19-14-39(11-10-21(19)27(26)33)29(41)18-7-9-24-25(13-18)35-15-34-24/h2-9,12-13,15-16,23H,10-11,14H2,1H3,(H,34,35)(H,36,40)(H2,37,38,43)/t16-,23+/m0/s1. The number of aromatic nitrogens is 2. The molecule has 44 heavy (non-hydrogen) atoms. The van der Waals surface area contributed by atoms with E-state index in [1.807, 2.05) is 36.4 Å². The Morgan fingerprint density at radius 2 is 1.93 bits per heavy atom. The van der Waals surface area contributed by atoms with Crippen molar-refractivity contribution in [3.8, 4) is 0 Å². The summed E-state index contributed by atoms with van der Waals surface area (Å²) in [7, 11) is 0. The highest BCUT2D eigenvalue weighted by Gasteiger charge is 2.29. The van der Waals surface area contributed by atoms with Crippen LogP contribution >= 0.6 is 23.2 Å². The summed E-state index contributed by atoms with van der Waals surface area (Å²) in [5.74, 6) is -1.74. The number of nitrogens with zero attached hydrogens (tertiary/aromatic N) is 2. The van der Waals surface area contributed by atoms with Gasteiger partial charge in [0, 0.05) is 18.7 Å². The molecule has 0 radical (unpaired) electrons. The third-order valence-corrected chi connectivity index (χ3v) is 8.33. The van der Waals surface area contributed by atoms with Gasteiger partial charge in [-0.3, -0.25) is 9.59 Å². The molecular formula is C31H26Cl2N6O5. The van der Waals surface area contributed by atoms with Crippen molar-refractivity contribution in [3.05, 3.63) is 104 Å². The first-order valence-corrected chi connectivity index (χ1v) is 14.5. The lowest BCUT2D eigenvalue weighted by Gasteiger charge is -2.30. The van der Waals surface area contributed by atoms with Crippen molar-refractivity contribution in [2.45, 2.75) is 32.0 Å². The monoisotopic (exact) mass is 632 g/mol. The minimum absolute atomic E-state index is 0.00796. The van der Waals surface area contributed by atoms with Gasteiger partial charge in [-0.2, -0.15) is 5.48 Å². The van der Waals surface area contributed by atoms with Gasteiger partial charge >= 0.3 is 12.0 Å². The minimum atomic E-state index is -1.14. The van der Waals surface area contributed by atoms with Gasteiger partial charge in [0.15, 0.2) is 0 Å². The molecule has 2 atom stereocenters. The van der Waals surface area contributed by atoms with E-state index in [-0.39, 0.29) is 34.1 Å². The predicted molar refractivity (Wildman–Crippen MR) is 164 cm³/mol. The lowest BCUT2D eigenvalue weighted by Crippen LogP contribution is -2.45. The van der Waals surface area contributed by atoms with Gasteiger partial charge in [0.25, 0.3) is 11.8 Å². The number of fused-ring (bicyclic) bond motifs is 3. The Morgan fingerprint density at radius 3 is 2.77 bits per heavy atom. The molecule has 4 aromatic rings. The molecule has 1 aromatic heterocycles. The number of imidazole rings is 1. The van der Waals surface area contributed by atoms with Crippen molar-refractivity contribution in [2.24, 2.45) is 0 Å². The van der Waals surface area contributed by atoms with Crippen LogP contribution in [0.15, 0.2) is 60.9 Å². The first kappa shape index (κ1) is 29.2. The van der Waals surface area contributed by atoms with Crippen LogP contribution in [0, 0.1) is 0 Å². The largest absolute Gasteiger partial charge is 0.354 e. The Hall–Kier alpha value is -4.87. The van der Waals surface area contributed by atoms with Gasteiger partial charge in [-0.25, -0.2) is 14.6 Å². The Kier molecular flexibility index (Phi) is 7.98. The fraction of sp³-hybridized carbons (Fsp3) is 0.194. The van der Waals surface area contributed by atoms with Crippen LogP contribution in [-0.2, 0) is 22.6 Å². The molecule has 0 fully saturated rings.